The number of carbonyl (C=O) groups excluding carboxylic acids is 2. The van der Waals surface area contributed by atoms with E-state index >= 15 is 0 Å². The summed E-state index contributed by atoms with van der Waals surface area (Å²) in [4.78, 5) is 27.1. The van der Waals surface area contributed by atoms with E-state index in [1.54, 1.807) is 17.4 Å². The zero-order valence-corrected chi connectivity index (χ0v) is 13.3. The number of likely N-dealkylation sites (N-methyl/N-ethyl adjacent to an activating group) is 1. The predicted octanol–water partition coefficient (Wildman–Crippen LogP) is 4.39. The molecule has 106 valence electrons. The maximum atomic E-state index is 11.9. The molecule has 0 unspecified atom stereocenters. The van der Waals surface area contributed by atoms with E-state index in [9.17, 15) is 9.59 Å². The van der Waals surface area contributed by atoms with Crippen molar-refractivity contribution in [3.63, 3.8) is 0 Å². The fraction of sp³-hybridized carbons (Fsp3) is 0.125. The first-order valence-electron chi connectivity index (χ1n) is 6.43. The minimum Gasteiger partial charge on any atom is -0.272 e. The standard InChI is InChI=1S/C16H13NO2S2/c1-10-3-5-11(6-4-10)13-8-7-12(20-13)9-14-15(18)17(2)16(19)21-14/h3-9H,1-2H3/b14-9-. The largest absolute Gasteiger partial charge is 0.293 e. The molecule has 2 amide bonds. The molecule has 1 aliphatic rings. The van der Waals surface area contributed by atoms with Crippen LogP contribution in [-0.4, -0.2) is 23.1 Å². The van der Waals surface area contributed by atoms with E-state index in [0.29, 0.717) is 4.91 Å². The number of carbonyl (C=O) groups is 2. The Morgan fingerprint density at radius 2 is 1.76 bits per heavy atom. The van der Waals surface area contributed by atoms with E-state index in [1.165, 1.54) is 12.6 Å². The van der Waals surface area contributed by atoms with Crippen LogP contribution in [0.25, 0.3) is 16.5 Å². The van der Waals surface area contributed by atoms with Gasteiger partial charge in [0.1, 0.15) is 0 Å². The molecule has 3 rings (SSSR count). The number of hydrogen-bond acceptors (Lipinski definition) is 4. The quantitative estimate of drug-likeness (QED) is 0.771. The summed E-state index contributed by atoms with van der Waals surface area (Å²) in [6.45, 7) is 2.06. The second kappa shape index (κ2) is 5.50. The number of rotatable bonds is 2. The van der Waals surface area contributed by atoms with Gasteiger partial charge in [0.2, 0.25) is 0 Å². The maximum absolute atomic E-state index is 11.9. The van der Waals surface area contributed by atoms with E-state index in [0.717, 1.165) is 32.0 Å². The molecule has 21 heavy (non-hydrogen) atoms. The van der Waals surface area contributed by atoms with Gasteiger partial charge in [-0.15, -0.1) is 11.3 Å². The maximum Gasteiger partial charge on any atom is 0.293 e. The molecule has 0 atom stereocenters. The Labute approximate surface area is 131 Å². The molecule has 0 aliphatic carbocycles. The Hall–Kier alpha value is -1.85. The lowest BCUT2D eigenvalue weighted by atomic mass is 10.1. The van der Waals surface area contributed by atoms with Gasteiger partial charge in [0.15, 0.2) is 0 Å². The van der Waals surface area contributed by atoms with E-state index in [-0.39, 0.29) is 11.1 Å². The lowest BCUT2D eigenvalue weighted by Gasteiger charge is -2.00. The summed E-state index contributed by atoms with van der Waals surface area (Å²) in [5.41, 5.74) is 2.39. The fourth-order valence-electron chi connectivity index (χ4n) is 1.98. The fourth-order valence-corrected chi connectivity index (χ4v) is 3.83. The van der Waals surface area contributed by atoms with Gasteiger partial charge in [-0.3, -0.25) is 14.5 Å². The number of amides is 2. The molecular weight excluding hydrogens is 302 g/mol. The molecule has 0 bridgehead atoms. The summed E-state index contributed by atoms with van der Waals surface area (Å²) in [6.07, 6.45) is 1.79. The molecule has 3 nitrogen and oxygen atoms in total. The normalized spacial score (nSPS) is 17.0. The number of nitrogens with zero attached hydrogens (tertiary/aromatic N) is 1. The van der Waals surface area contributed by atoms with Crippen LogP contribution in [-0.2, 0) is 4.79 Å². The molecule has 1 fully saturated rings. The van der Waals surface area contributed by atoms with Crippen LogP contribution in [0.3, 0.4) is 0 Å². The predicted molar refractivity (Wildman–Crippen MR) is 88.2 cm³/mol. The number of imide groups is 1. The summed E-state index contributed by atoms with van der Waals surface area (Å²) in [5.74, 6) is -0.227. The van der Waals surface area contributed by atoms with Crippen LogP contribution < -0.4 is 0 Å². The van der Waals surface area contributed by atoms with Gasteiger partial charge in [0, 0.05) is 16.8 Å². The smallest absolute Gasteiger partial charge is 0.272 e. The Balaban J connectivity index is 1.87. The highest BCUT2D eigenvalue weighted by Gasteiger charge is 2.31. The molecule has 0 spiro atoms. The monoisotopic (exact) mass is 315 g/mol. The SMILES string of the molecule is Cc1ccc(-c2ccc(/C=C3\SC(=O)N(C)C3=O)s2)cc1. The van der Waals surface area contributed by atoms with Crippen LogP contribution in [0.4, 0.5) is 4.79 Å². The lowest BCUT2D eigenvalue weighted by Crippen LogP contribution is -2.22. The third-order valence-corrected chi connectivity index (χ3v) is 5.26. The van der Waals surface area contributed by atoms with Crippen LogP contribution >= 0.6 is 23.1 Å². The van der Waals surface area contributed by atoms with Gasteiger partial charge >= 0.3 is 0 Å². The van der Waals surface area contributed by atoms with Gasteiger partial charge in [-0.25, -0.2) is 0 Å². The second-order valence-electron chi connectivity index (χ2n) is 4.81. The van der Waals surface area contributed by atoms with Crippen molar-refractivity contribution in [2.75, 3.05) is 7.05 Å². The van der Waals surface area contributed by atoms with Crippen LogP contribution in [0, 0.1) is 6.92 Å². The summed E-state index contributed by atoms with van der Waals surface area (Å²) in [7, 11) is 1.50. The average molecular weight is 315 g/mol. The number of thioether (sulfide) groups is 1. The number of thiophene rings is 1. The highest BCUT2D eigenvalue weighted by Crippen LogP contribution is 2.34. The summed E-state index contributed by atoms with van der Waals surface area (Å²) in [5, 5.41) is -0.221. The van der Waals surface area contributed by atoms with Crippen molar-refractivity contribution in [2.24, 2.45) is 0 Å². The first-order valence-corrected chi connectivity index (χ1v) is 8.06. The highest BCUT2D eigenvalue weighted by atomic mass is 32.2. The minimum atomic E-state index is -0.227. The van der Waals surface area contributed by atoms with Crippen LogP contribution in [0.2, 0.25) is 0 Å². The van der Waals surface area contributed by atoms with Gasteiger partial charge in [0.05, 0.1) is 4.91 Å². The van der Waals surface area contributed by atoms with Crippen LogP contribution in [0.1, 0.15) is 10.4 Å². The first-order chi connectivity index (χ1) is 10.0. The van der Waals surface area contributed by atoms with E-state index in [2.05, 4.69) is 31.2 Å². The van der Waals surface area contributed by atoms with Gasteiger partial charge in [-0.2, -0.15) is 0 Å². The van der Waals surface area contributed by atoms with Crippen LogP contribution in [0.15, 0.2) is 41.3 Å². The molecule has 1 aliphatic heterocycles. The number of benzene rings is 1. The second-order valence-corrected chi connectivity index (χ2v) is 6.92. The molecule has 5 heteroatoms. The third-order valence-electron chi connectivity index (χ3n) is 3.22. The molecule has 1 aromatic carbocycles. The number of aryl methyl sites for hydroxylation is 1. The van der Waals surface area contributed by atoms with Gasteiger partial charge in [0.25, 0.3) is 11.1 Å². The van der Waals surface area contributed by atoms with E-state index in [4.69, 9.17) is 0 Å². The molecular formula is C16H13NO2S2. The summed E-state index contributed by atoms with van der Waals surface area (Å²) in [6, 6.07) is 12.4. The zero-order chi connectivity index (χ0) is 15.0. The topological polar surface area (TPSA) is 37.4 Å². The zero-order valence-electron chi connectivity index (χ0n) is 11.6. The van der Waals surface area contributed by atoms with Gasteiger partial charge < -0.3 is 0 Å². The summed E-state index contributed by atoms with van der Waals surface area (Å²) < 4.78 is 0. The minimum absolute atomic E-state index is 0.221. The third kappa shape index (κ3) is 2.80. The van der Waals surface area contributed by atoms with Crippen molar-refractivity contribution in [1.82, 2.24) is 4.90 Å². The van der Waals surface area contributed by atoms with Gasteiger partial charge in [-0.05, 0) is 42.5 Å². The Bertz CT molecular complexity index is 744. The van der Waals surface area contributed by atoms with Crippen molar-refractivity contribution in [3.05, 3.63) is 51.7 Å². The van der Waals surface area contributed by atoms with Crippen LogP contribution in [0.5, 0.6) is 0 Å². The summed E-state index contributed by atoms with van der Waals surface area (Å²) >= 11 is 2.60. The molecule has 0 radical (unpaired) electrons. The van der Waals surface area contributed by atoms with Gasteiger partial charge in [-0.1, -0.05) is 29.8 Å². The van der Waals surface area contributed by atoms with Crippen molar-refractivity contribution in [2.45, 2.75) is 6.92 Å². The van der Waals surface area contributed by atoms with Crippen molar-refractivity contribution < 1.29 is 9.59 Å². The molecule has 0 N–H and O–H groups in total. The molecule has 1 saturated heterocycles. The molecule has 2 heterocycles. The highest BCUT2D eigenvalue weighted by molar-refractivity contribution is 8.18. The Kier molecular flexibility index (Phi) is 3.69. The van der Waals surface area contributed by atoms with E-state index < -0.39 is 0 Å². The Morgan fingerprint density at radius 1 is 1.05 bits per heavy atom. The molecule has 1 aromatic heterocycles. The average Bonchev–Trinajstić information content (AvgIpc) is 3.02. The van der Waals surface area contributed by atoms with E-state index in [1.807, 2.05) is 12.1 Å². The molecule has 0 saturated carbocycles. The van der Waals surface area contributed by atoms with Crippen molar-refractivity contribution in [1.29, 1.82) is 0 Å². The molecule has 2 aromatic rings. The first kappa shape index (κ1) is 14.1. The Morgan fingerprint density at radius 3 is 2.38 bits per heavy atom. The van der Waals surface area contributed by atoms with Crippen molar-refractivity contribution >= 4 is 40.3 Å². The number of hydrogen-bond donors (Lipinski definition) is 0. The van der Waals surface area contributed by atoms with Crippen molar-refractivity contribution in [3.8, 4) is 10.4 Å². The lowest BCUT2D eigenvalue weighted by molar-refractivity contribution is -0.121.